The molecule has 0 aliphatic rings. The van der Waals surface area contributed by atoms with Crippen LogP contribution in [0.3, 0.4) is 0 Å². The Balaban J connectivity index is 0.00000264. The van der Waals surface area contributed by atoms with Crippen molar-refractivity contribution in [1.82, 2.24) is 10.4 Å². The van der Waals surface area contributed by atoms with Crippen LogP contribution in [0.15, 0.2) is 47.8 Å². The number of benzene rings is 1. The Bertz CT molecular complexity index is 609. The van der Waals surface area contributed by atoms with Crippen LogP contribution in [0.5, 0.6) is 11.5 Å². The highest BCUT2D eigenvalue weighted by Gasteiger charge is 2.04. The maximum Gasteiger partial charge on any atom is 0.161 e. The maximum absolute atomic E-state index is 5.62. The fourth-order valence-corrected chi connectivity index (χ4v) is 1.86. The van der Waals surface area contributed by atoms with E-state index in [9.17, 15) is 0 Å². The number of hydrazone groups is 1. The van der Waals surface area contributed by atoms with Crippen LogP contribution in [0.1, 0.15) is 24.5 Å². The molecule has 0 radical (unpaired) electrons. The zero-order valence-electron chi connectivity index (χ0n) is 13.9. The highest BCUT2D eigenvalue weighted by atomic mass is 127. The van der Waals surface area contributed by atoms with E-state index in [2.05, 4.69) is 22.4 Å². The first kappa shape index (κ1) is 22.1. The number of ether oxygens (including phenoxy) is 2. The fourth-order valence-electron chi connectivity index (χ4n) is 1.86. The van der Waals surface area contributed by atoms with E-state index in [1.54, 1.807) is 19.5 Å². The van der Waals surface area contributed by atoms with Gasteiger partial charge in [0, 0.05) is 12.4 Å². The van der Waals surface area contributed by atoms with E-state index < -0.39 is 0 Å². The van der Waals surface area contributed by atoms with Crippen molar-refractivity contribution in [3.8, 4) is 11.5 Å². The summed E-state index contributed by atoms with van der Waals surface area (Å²) in [6.45, 7) is 3.39. The molecule has 24 heavy (non-hydrogen) atoms. The molecule has 0 bridgehead atoms. The van der Waals surface area contributed by atoms with Crippen LogP contribution in [0.2, 0.25) is 0 Å². The number of nitrogens with zero attached hydrogens (tertiary/aromatic N) is 2. The number of nitrogens with one attached hydrogen (secondary N) is 1. The molecule has 1 heterocycles. The van der Waals surface area contributed by atoms with E-state index in [-0.39, 0.29) is 29.5 Å². The number of methoxy groups -OCH3 is 1. The third kappa shape index (κ3) is 7.14. The molecule has 0 saturated heterocycles. The van der Waals surface area contributed by atoms with Crippen LogP contribution in [-0.2, 0) is 6.54 Å². The Morgan fingerprint density at radius 3 is 2.75 bits per heavy atom. The summed E-state index contributed by atoms with van der Waals surface area (Å²) in [6.07, 6.45) is 6.28. The Morgan fingerprint density at radius 2 is 2.08 bits per heavy atom. The van der Waals surface area contributed by atoms with Gasteiger partial charge in [0.2, 0.25) is 0 Å². The van der Waals surface area contributed by atoms with E-state index in [0.29, 0.717) is 18.9 Å². The normalized spacial score (nSPS) is 9.75. The van der Waals surface area contributed by atoms with Crippen molar-refractivity contribution in [3.63, 3.8) is 0 Å². The number of pyridine rings is 1. The van der Waals surface area contributed by atoms with Gasteiger partial charge in [-0.1, -0.05) is 13.0 Å². The number of aromatic nitrogens is 1. The third-order valence-electron chi connectivity index (χ3n) is 2.96. The second-order valence-electron chi connectivity index (χ2n) is 4.71. The molecule has 1 aromatic carbocycles. The molecular formula is C17H24IN3O3. The minimum atomic E-state index is 0. The first-order valence-corrected chi connectivity index (χ1v) is 7.29. The summed E-state index contributed by atoms with van der Waals surface area (Å²) < 4.78 is 11.0. The summed E-state index contributed by atoms with van der Waals surface area (Å²) in [4.78, 5) is 4.06. The molecule has 0 atom stereocenters. The van der Waals surface area contributed by atoms with Crippen LogP contribution in [0.25, 0.3) is 0 Å². The topological polar surface area (TPSA) is 87.2 Å². The summed E-state index contributed by atoms with van der Waals surface area (Å²) in [7, 11) is 1.63. The monoisotopic (exact) mass is 445 g/mol. The van der Waals surface area contributed by atoms with Gasteiger partial charge in [-0.25, -0.2) is 0 Å². The van der Waals surface area contributed by atoms with Crippen LogP contribution in [0.4, 0.5) is 0 Å². The minimum absolute atomic E-state index is 0. The first-order valence-electron chi connectivity index (χ1n) is 7.29. The lowest BCUT2D eigenvalue weighted by Gasteiger charge is -2.10. The van der Waals surface area contributed by atoms with E-state index in [4.69, 9.17) is 9.47 Å². The van der Waals surface area contributed by atoms with Gasteiger partial charge in [-0.2, -0.15) is 5.10 Å². The van der Waals surface area contributed by atoms with Crippen LogP contribution in [-0.4, -0.2) is 30.4 Å². The maximum atomic E-state index is 5.62. The van der Waals surface area contributed by atoms with Gasteiger partial charge in [-0.05, 0) is 41.8 Å². The number of hydrogen-bond acceptors (Lipinski definition) is 5. The van der Waals surface area contributed by atoms with Crippen molar-refractivity contribution in [1.29, 1.82) is 0 Å². The molecule has 132 valence electrons. The lowest BCUT2D eigenvalue weighted by atomic mass is 10.2. The fraction of sp³-hybridized carbons (Fsp3) is 0.294. The molecule has 1 aromatic heterocycles. The van der Waals surface area contributed by atoms with Gasteiger partial charge in [0.15, 0.2) is 11.5 Å². The smallest absolute Gasteiger partial charge is 0.161 e. The average molecular weight is 445 g/mol. The van der Waals surface area contributed by atoms with Crippen LogP contribution >= 0.6 is 24.0 Å². The number of halogens is 1. The molecule has 0 unspecified atom stereocenters. The molecule has 0 spiro atoms. The molecule has 2 rings (SSSR count). The van der Waals surface area contributed by atoms with Gasteiger partial charge in [-0.3, -0.25) is 4.98 Å². The second-order valence-corrected chi connectivity index (χ2v) is 4.71. The summed E-state index contributed by atoms with van der Waals surface area (Å²) in [5, 5.41) is 4.20. The largest absolute Gasteiger partial charge is 0.493 e. The standard InChI is InChI=1S/C17H21N3O2.HI.H2O/c1-3-9-22-16-7-6-14(10-17(16)21-2)12-19-20-13-15-5-4-8-18-11-15;;/h4-8,10-12,20H,3,9,13H2,1-2H3;1H;1H2/b19-12+;;. The second kappa shape index (κ2) is 12.5. The number of hydrogen-bond donors (Lipinski definition) is 1. The van der Waals surface area contributed by atoms with Gasteiger partial charge in [0.1, 0.15) is 0 Å². The lowest BCUT2D eigenvalue weighted by Crippen LogP contribution is -2.05. The molecule has 0 aliphatic heterocycles. The Kier molecular flexibility index (Phi) is 11.6. The molecular weight excluding hydrogens is 421 g/mol. The predicted molar refractivity (Wildman–Crippen MR) is 106 cm³/mol. The van der Waals surface area contributed by atoms with Crippen LogP contribution in [0, 0.1) is 0 Å². The molecule has 0 aliphatic carbocycles. The van der Waals surface area contributed by atoms with E-state index in [1.165, 1.54) is 0 Å². The third-order valence-corrected chi connectivity index (χ3v) is 2.96. The summed E-state index contributed by atoms with van der Waals surface area (Å²) in [5.74, 6) is 1.47. The van der Waals surface area contributed by atoms with Crippen molar-refractivity contribution >= 4 is 30.2 Å². The van der Waals surface area contributed by atoms with Gasteiger partial charge >= 0.3 is 0 Å². The van der Waals surface area contributed by atoms with Gasteiger partial charge in [0.25, 0.3) is 0 Å². The molecule has 2 aromatic rings. The average Bonchev–Trinajstić information content (AvgIpc) is 2.58. The lowest BCUT2D eigenvalue weighted by molar-refractivity contribution is 0.294. The summed E-state index contributed by atoms with van der Waals surface area (Å²) >= 11 is 0. The van der Waals surface area contributed by atoms with Gasteiger partial charge in [0.05, 0.1) is 26.5 Å². The summed E-state index contributed by atoms with van der Waals surface area (Å²) in [5.41, 5.74) is 5.02. The van der Waals surface area contributed by atoms with Crippen molar-refractivity contribution in [2.75, 3.05) is 13.7 Å². The van der Waals surface area contributed by atoms with Gasteiger partial charge < -0.3 is 20.4 Å². The van der Waals surface area contributed by atoms with E-state index >= 15 is 0 Å². The molecule has 7 heteroatoms. The van der Waals surface area contributed by atoms with E-state index in [0.717, 1.165) is 23.3 Å². The SMILES string of the molecule is CCCOc1ccc(/C=N/NCc2cccnc2)cc1OC.I.O. The van der Waals surface area contributed by atoms with Crippen molar-refractivity contribution in [2.45, 2.75) is 19.9 Å². The van der Waals surface area contributed by atoms with Crippen molar-refractivity contribution in [2.24, 2.45) is 5.10 Å². The van der Waals surface area contributed by atoms with Crippen molar-refractivity contribution in [3.05, 3.63) is 53.9 Å². The van der Waals surface area contributed by atoms with Gasteiger partial charge in [-0.15, -0.1) is 24.0 Å². The Labute approximate surface area is 159 Å². The highest BCUT2D eigenvalue weighted by molar-refractivity contribution is 14.0. The summed E-state index contributed by atoms with van der Waals surface area (Å²) in [6, 6.07) is 9.65. The first-order chi connectivity index (χ1) is 10.8. The molecule has 0 saturated carbocycles. The highest BCUT2D eigenvalue weighted by Crippen LogP contribution is 2.27. The Morgan fingerprint density at radius 1 is 1.25 bits per heavy atom. The minimum Gasteiger partial charge on any atom is -0.493 e. The number of rotatable bonds is 8. The molecule has 6 nitrogen and oxygen atoms in total. The predicted octanol–water partition coefficient (Wildman–Crippen LogP) is 2.80. The molecule has 0 amide bonds. The van der Waals surface area contributed by atoms with Crippen molar-refractivity contribution < 1.29 is 14.9 Å². The molecule has 0 fully saturated rings. The Hall–Kier alpha value is -1.87. The van der Waals surface area contributed by atoms with E-state index in [1.807, 2.05) is 36.5 Å². The zero-order valence-corrected chi connectivity index (χ0v) is 16.2. The quantitative estimate of drug-likeness (QED) is 0.385. The zero-order chi connectivity index (χ0) is 15.6. The molecule has 3 N–H and O–H groups in total. The van der Waals surface area contributed by atoms with Crippen LogP contribution < -0.4 is 14.9 Å².